The number of aromatic hydroxyl groups is 1. The van der Waals surface area contributed by atoms with Crippen molar-refractivity contribution in [3.05, 3.63) is 29.8 Å². The maximum absolute atomic E-state index is 9.76. The molecule has 0 radical (unpaired) electrons. The van der Waals surface area contributed by atoms with Crippen molar-refractivity contribution in [1.82, 2.24) is 4.90 Å². The molecule has 2 rings (SSSR count). The molecule has 1 fully saturated rings. The molecule has 3 heteroatoms. The minimum atomic E-state index is 0.305. The number of hydrogen-bond acceptors (Lipinski definition) is 3. The van der Waals surface area contributed by atoms with Crippen LogP contribution in [0.3, 0.4) is 0 Å². The van der Waals surface area contributed by atoms with E-state index in [-0.39, 0.29) is 0 Å². The van der Waals surface area contributed by atoms with Crippen molar-refractivity contribution in [2.24, 2.45) is 5.92 Å². The third-order valence-electron chi connectivity index (χ3n) is 4.31. The normalized spacial score (nSPS) is 24.8. The number of hydrogen-bond donors (Lipinski definition) is 1. The summed E-state index contributed by atoms with van der Waals surface area (Å²) in [6.45, 7) is 2.85. The Morgan fingerprint density at radius 1 is 1.30 bits per heavy atom. The second kappa shape index (κ2) is 7.09. The summed E-state index contributed by atoms with van der Waals surface area (Å²) in [4.78, 5) is 2.26. The molecule has 1 aromatic carbocycles. The first kappa shape index (κ1) is 15.3. The number of ether oxygens (including phenoxy) is 1. The molecule has 1 aliphatic carbocycles. The molecule has 1 aromatic rings. The quantitative estimate of drug-likeness (QED) is 0.892. The summed E-state index contributed by atoms with van der Waals surface area (Å²) in [7, 11) is 4.23. The van der Waals surface area contributed by atoms with E-state index in [9.17, 15) is 5.11 Å². The lowest BCUT2D eigenvalue weighted by Crippen LogP contribution is -2.38. The lowest BCUT2D eigenvalue weighted by atomic mass is 9.78. The topological polar surface area (TPSA) is 32.7 Å². The molecule has 1 saturated carbocycles. The van der Waals surface area contributed by atoms with E-state index < -0.39 is 0 Å². The standard InChI is InChI=1S/C17H27NO2/c1-4-20-16-11-6-5-10-15(16)17(18(2)3)13-8-7-9-14(19)12-13/h7-9,12,15-17,19H,4-6,10-11H2,1-3H3. The number of nitrogens with zero attached hydrogens (tertiary/aromatic N) is 1. The lowest BCUT2D eigenvalue weighted by molar-refractivity contribution is -0.0325. The number of phenolic OH excluding ortho intramolecular Hbond substituents is 1. The Morgan fingerprint density at radius 2 is 2.05 bits per heavy atom. The maximum Gasteiger partial charge on any atom is 0.115 e. The fraction of sp³-hybridized carbons (Fsp3) is 0.647. The average Bonchev–Trinajstić information content (AvgIpc) is 2.41. The van der Waals surface area contributed by atoms with E-state index in [0.29, 0.717) is 23.8 Å². The Balaban J connectivity index is 2.26. The van der Waals surface area contributed by atoms with Crippen LogP contribution < -0.4 is 0 Å². The van der Waals surface area contributed by atoms with Crippen LogP contribution in [0.4, 0.5) is 0 Å². The highest BCUT2D eigenvalue weighted by Crippen LogP contribution is 2.39. The minimum absolute atomic E-state index is 0.305. The number of phenols is 1. The van der Waals surface area contributed by atoms with Crippen LogP contribution in [0.2, 0.25) is 0 Å². The van der Waals surface area contributed by atoms with Crippen molar-refractivity contribution < 1.29 is 9.84 Å². The van der Waals surface area contributed by atoms with Gasteiger partial charge in [-0.3, -0.25) is 0 Å². The minimum Gasteiger partial charge on any atom is -0.508 e. The molecule has 20 heavy (non-hydrogen) atoms. The van der Waals surface area contributed by atoms with Gasteiger partial charge in [0, 0.05) is 18.6 Å². The third kappa shape index (κ3) is 3.53. The van der Waals surface area contributed by atoms with Gasteiger partial charge in [-0.25, -0.2) is 0 Å². The van der Waals surface area contributed by atoms with E-state index in [1.807, 2.05) is 12.1 Å². The SMILES string of the molecule is CCOC1CCCCC1C(c1cccc(O)c1)N(C)C. The van der Waals surface area contributed by atoms with Gasteiger partial charge in [-0.05, 0) is 51.6 Å². The Bertz CT molecular complexity index is 417. The Kier molecular flexibility index (Phi) is 5.44. The molecule has 0 aromatic heterocycles. The first-order valence-corrected chi connectivity index (χ1v) is 7.70. The molecular formula is C17H27NO2. The largest absolute Gasteiger partial charge is 0.508 e. The van der Waals surface area contributed by atoms with Crippen LogP contribution in [0.5, 0.6) is 5.75 Å². The third-order valence-corrected chi connectivity index (χ3v) is 4.31. The highest BCUT2D eigenvalue weighted by molar-refractivity contribution is 5.30. The van der Waals surface area contributed by atoms with Gasteiger partial charge in [0.1, 0.15) is 5.75 Å². The average molecular weight is 277 g/mol. The Morgan fingerprint density at radius 3 is 2.70 bits per heavy atom. The smallest absolute Gasteiger partial charge is 0.115 e. The van der Waals surface area contributed by atoms with Crippen LogP contribution in [0.1, 0.15) is 44.2 Å². The van der Waals surface area contributed by atoms with E-state index in [4.69, 9.17) is 4.74 Å². The van der Waals surface area contributed by atoms with Gasteiger partial charge in [0.15, 0.2) is 0 Å². The molecule has 1 aliphatic rings. The summed E-state index contributed by atoms with van der Waals surface area (Å²) in [5.74, 6) is 0.846. The Hall–Kier alpha value is -1.06. The highest BCUT2D eigenvalue weighted by Gasteiger charge is 2.34. The fourth-order valence-electron chi connectivity index (χ4n) is 3.54. The maximum atomic E-state index is 9.76. The predicted molar refractivity (Wildman–Crippen MR) is 81.9 cm³/mol. The van der Waals surface area contributed by atoms with Crippen LogP contribution in [-0.2, 0) is 4.74 Å². The van der Waals surface area contributed by atoms with Crippen molar-refractivity contribution in [2.45, 2.75) is 44.8 Å². The van der Waals surface area contributed by atoms with Crippen LogP contribution in [-0.4, -0.2) is 36.8 Å². The number of benzene rings is 1. The summed E-state index contributed by atoms with van der Waals surface area (Å²) in [6, 6.07) is 7.97. The van der Waals surface area contributed by atoms with Gasteiger partial charge in [0.25, 0.3) is 0 Å². The zero-order chi connectivity index (χ0) is 14.5. The first-order chi connectivity index (χ1) is 9.63. The van der Waals surface area contributed by atoms with Crippen molar-refractivity contribution in [3.8, 4) is 5.75 Å². The van der Waals surface area contributed by atoms with Gasteiger partial charge < -0.3 is 14.7 Å². The molecule has 3 nitrogen and oxygen atoms in total. The van der Waals surface area contributed by atoms with Crippen LogP contribution >= 0.6 is 0 Å². The summed E-state index contributed by atoms with van der Waals surface area (Å²) in [5, 5.41) is 9.76. The molecule has 0 heterocycles. The van der Waals surface area contributed by atoms with Crippen LogP contribution in [0.15, 0.2) is 24.3 Å². The fourth-order valence-corrected chi connectivity index (χ4v) is 3.54. The first-order valence-electron chi connectivity index (χ1n) is 7.70. The van der Waals surface area contributed by atoms with Crippen LogP contribution in [0, 0.1) is 5.92 Å². The van der Waals surface area contributed by atoms with Gasteiger partial charge in [0.05, 0.1) is 6.10 Å². The number of rotatable bonds is 5. The Labute approximate surface area is 122 Å². The summed E-state index contributed by atoms with van der Waals surface area (Å²) in [6.07, 6.45) is 5.23. The molecule has 0 amide bonds. The summed E-state index contributed by atoms with van der Waals surface area (Å²) >= 11 is 0. The van der Waals surface area contributed by atoms with Crippen molar-refractivity contribution in [1.29, 1.82) is 0 Å². The second-order valence-electron chi connectivity index (χ2n) is 5.95. The second-order valence-corrected chi connectivity index (χ2v) is 5.95. The summed E-state index contributed by atoms with van der Waals surface area (Å²) in [5.41, 5.74) is 1.19. The molecule has 0 spiro atoms. The molecule has 0 bridgehead atoms. The van der Waals surface area contributed by atoms with Gasteiger partial charge in [-0.2, -0.15) is 0 Å². The van der Waals surface area contributed by atoms with Crippen molar-refractivity contribution >= 4 is 0 Å². The summed E-state index contributed by atoms with van der Waals surface area (Å²) < 4.78 is 5.99. The molecular weight excluding hydrogens is 250 g/mol. The van der Waals surface area contributed by atoms with Crippen molar-refractivity contribution in [3.63, 3.8) is 0 Å². The van der Waals surface area contributed by atoms with Gasteiger partial charge in [-0.15, -0.1) is 0 Å². The predicted octanol–water partition coefficient (Wildman–Crippen LogP) is 3.59. The van der Waals surface area contributed by atoms with E-state index in [2.05, 4.69) is 32.0 Å². The van der Waals surface area contributed by atoms with E-state index >= 15 is 0 Å². The zero-order valence-electron chi connectivity index (χ0n) is 12.9. The van der Waals surface area contributed by atoms with E-state index in [0.717, 1.165) is 13.0 Å². The van der Waals surface area contributed by atoms with E-state index in [1.54, 1.807) is 6.07 Å². The molecule has 0 saturated heterocycles. The molecule has 0 aliphatic heterocycles. The molecule has 1 N–H and O–H groups in total. The van der Waals surface area contributed by atoms with Gasteiger partial charge in [0.2, 0.25) is 0 Å². The highest BCUT2D eigenvalue weighted by atomic mass is 16.5. The molecule has 3 atom stereocenters. The van der Waals surface area contributed by atoms with Gasteiger partial charge in [-0.1, -0.05) is 25.0 Å². The zero-order valence-corrected chi connectivity index (χ0v) is 12.9. The monoisotopic (exact) mass is 277 g/mol. The van der Waals surface area contributed by atoms with E-state index in [1.165, 1.54) is 24.8 Å². The lowest BCUT2D eigenvalue weighted by Gasteiger charge is -2.40. The van der Waals surface area contributed by atoms with Gasteiger partial charge >= 0.3 is 0 Å². The van der Waals surface area contributed by atoms with Crippen molar-refractivity contribution in [2.75, 3.05) is 20.7 Å². The molecule has 3 unspecified atom stereocenters. The molecule has 112 valence electrons. The van der Waals surface area contributed by atoms with Crippen LogP contribution in [0.25, 0.3) is 0 Å².